The van der Waals surface area contributed by atoms with Crippen molar-refractivity contribution in [2.45, 2.75) is 19.3 Å². The maximum Gasteiger partial charge on any atom is 0.302 e. The Morgan fingerprint density at radius 2 is 2.00 bits per heavy atom. The van der Waals surface area contributed by atoms with Gasteiger partial charge >= 0.3 is 5.69 Å². The van der Waals surface area contributed by atoms with Crippen molar-refractivity contribution in [1.29, 1.82) is 0 Å². The molecule has 0 aliphatic heterocycles. The van der Waals surface area contributed by atoms with Gasteiger partial charge in [0.1, 0.15) is 0 Å². The number of nitrogens with zero attached hydrogens (tertiary/aromatic N) is 4. The normalized spacial score (nSPS) is 10.7. The van der Waals surface area contributed by atoms with Crippen LogP contribution in [0.4, 0.5) is 5.69 Å². The largest absolute Gasteiger partial charge is 0.302 e. The number of aromatic amines is 1. The summed E-state index contributed by atoms with van der Waals surface area (Å²) in [6.07, 6.45) is 1.32. The molecule has 0 spiro atoms. The summed E-state index contributed by atoms with van der Waals surface area (Å²) >= 11 is 0. The van der Waals surface area contributed by atoms with Crippen LogP contribution in [-0.4, -0.2) is 31.8 Å². The average molecular weight is 265 g/mol. The molecule has 0 saturated carbocycles. The van der Waals surface area contributed by atoms with Gasteiger partial charge in [-0.25, -0.2) is 0 Å². The molecular weight excluding hydrogens is 254 g/mol. The van der Waals surface area contributed by atoms with Gasteiger partial charge in [0.05, 0.1) is 10.4 Å². The van der Waals surface area contributed by atoms with Crippen molar-refractivity contribution < 1.29 is 9.85 Å². The smallest absolute Gasteiger partial charge is 0.265 e. The lowest BCUT2D eigenvalue weighted by atomic mass is 10.1. The maximum absolute atomic E-state index is 11.1. The Labute approximate surface area is 106 Å². The fraction of sp³-hybridized carbons (Fsp3) is 0.400. The average Bonchev–Trinajstić information content (AvgIpc) is 2.81. The van der Waals surface area contributed by atoms with Gasteiger partial charge in [-0.2, -0.15) is 0 Å². The first-order chi connectivity index (χ1) is 9.09. The number of hydrogen-bond acceptors (Lipinski definition) is 6. The molecule has 9 heteroatoms. The number of fused-ring (bicyclic) bond motifs is 1. The first-order valence-electron chi connectivity index (χ1n) is 5.68. The lowest BCUT2D eigenvalue weighted by Crippen LogP contribution is -2.02. The topological polar surface area (TPSA) is 128 Å². The third kappa shape index (κ3) is 2.81. The first kappa shape index (κ1) is 12.9. The van der Waals surface area contributed by atoms with E-state index in [9.17, 15) is 20.2 Å². The van der Waals surface area contributed by atoms with Crippen molar-refractivity contribution in [3.05, 3.63) is 37.9 Å². The Balaban J connectivity index is 2.19. The highest BCUT2D eigenvalue weighted by molar-refractivity contribution is 5.85. The van der Waals surface area contributed by atoms with Gasteiger partial charge in [-0.3, -0.25) is 25.3 Å². The SMILES string of the molecule is O=[N+]([O-])CCCCc1ccc2[nH]nnc2c1[N+](=O)[O-]. The molecule has 0 amide bonds. The van der Waals surface area contributed by atoms with Crippen LogP contribution in [-0.2, 0) is 6.42 Å². The van der Waals surface area contributed by atoms with E-state index in [0.29, 0.717) is 30.3 Å². The van der Waals surface area contributed by atoms with Gasteiger partial charge in [-0.05, 0) is 25.0 Å². The van der Waals surface area contributed by atoms with Crippen LogP contribution in [0.25, 0.3) is 11.0 Å². The van der Waals surface area contributed by atoms with E-state index >= 15 is 0 Å². The van der Waals surface area contributed by atoms with Crippen molar-refractivity contribution in [3.63, 3.8) is 0 Å². The summed E-state index contributed by atoms with van der Waals surface area (Å²) in [4.78, 5) is 20.4. The highest BCUT2D eigenvalue weighted by Crippen LogP contribution is 2.27. The molecule has 0 bridgehead atoms. The second-order valence-electron chi connectivity index (χ2n) is 4.05. The molecule has 0 unspecified atom stereocenters. The third-order valence-electron chi connectivity index (χ3n) is 2.77. The Morgan fingerprint density at radius 1 is 1.21 bits per heavy atom. The predicted octanol–water partition coefficient (Wildman–Crippen LogP) is 1.47. The van der Waals surface area contributed by atoms with Gasteiger partial charge in [0.15, 0.2) is 5.52 Å². The summed E-state index contributed by atoms with van der Waals surface area (Å²) in [5.74, 6) is 0. The highest BCUT2D eigenvalue weighted by Gasteiger charge is 2.20. The van der Waals surface area contributed by atoms with Crippen molar-refractivity contribution >= 4 is 16.7 Å². The molecule has 1 N–H and O–H groups in total. The van der Waals surface area contributed by atoms with Gasteiger partial charge < -0.3 is 0 Å². The number of benzene rings is 1. The van der Waals surface area contributed by atoms with Crippen LogP contribution in [0, 0.1) is 20.2 Å². The zero-order valence-electron chi connectivity index (χ0n) is 9.90. The molecule has 0 saturated heterocycles. The number of hydrogen-bond donors (Lipinski definition) is 1. The molecular formula is C10H11N5O4. The Kier molecular flexibility index (Phi) is 3.64. The molecule has 2 aromatic rings. The minimum atomic E-state index is -0.492. The fourth-order valence-corrected chi connectivity index (χ4v) is 1.90. The summed E-state index contributed by atoms with van der Waals surface area (Å²) in [6, 6.07) is 3.30. The third-order valence-corrected chi connectivity index (χ3v) is 2.77. The summed E-state index contributed by atoms with van der Waals surface area (Å²) < 4.78 is 0. The number of nitro groups is 2. The first-order valence-corrected chi connectivity index (χ1v) is 5.68. The van der Waals surface area contributed by atoms with Crippen molar-refractivity contribution in [1.82, 2.24) is 15.4 Å². The molecule has 0 radical (unpaired) electrons. The van der Waals surface area contributed by atoms with Crippen LogP contribution < -0.4 is 0 Å². The van der Waals surface area contributed by atoms with E-state index in [4.69, 9.17) is 0 Å². The van der Waals surface area contributed by atoms with E-state index < -0.39 is 9.85 Å². The minimum absolute atomic E-state index is 0.0765. The number of aryl methyl sites for hydroxylation is 1. The zero-order valence-corrected chi connectivity index (χ0v) is 9.90. The Morgan fingerprint density at radius 3 is 2.68 bits per heavy atom. The van der Waals surface area contributed by atoms with E-state index in [0.717, 1.165) is 0 Å². The molecule has 0 fully saturated rings. The molecule has 2 rings (SSSR count). The van der Waals surface area contributed by atoms with Crippen LogP contribution in [0.15, 0.2) is 12.1 Å². The number of aromatic nitrogens is 3. The number of H-pyrrole nitrogens is 1. The van der Waals surface area contributed by atoms with E-state index in [-0.39, 0.29) is 17.7 Å². The molecule has 100 valence electrons. The standard InChI is InChI=1S/C10H11N5O4/c16-14(17)6-2-1-3-7-4-5-8-9(12-13-11-8)10(7)15(18)19/h4-5H,1-3,6H2,(H,11,12,13). The predicted molar refractivity (Wildman–Crippen MR) is 65.3 cm³/mol. The van der Waals surface area contributed by atoms with Crippen LogP contribution in [0.2, 0.25) is 0 Å². The number of nitro benzene ring substituents is 1. The summed E-state index contributed by atoms with van der Waals surface area (Å²) in [5.41, 5.74) is 1.17. The summed E-state index contributed by atoms with van der Waals surface area (Å²) in [7, 11) is 0. The molecule has 0 aliphatic rings. The van der Waals surface area contributed by atoms with Crippen molar-refractivity contribution in [2.75, 3.05) is 6.54 Å². The molecule has 19 heavy (non-hydrogen) atoms. The summed E-state index contributed by atoms with van der Waals surface area (Å²) in [5, 5.41) is 31.1. The highest BCUT2D eigenvalue weighted by atomic mass is 16.6. The van der Waals surface area contributed by atoms with E-state index in [1.165, 1.54) is 0 Å². The second-order valence-corrected chi connectivity index (χ2v) is 4.05. The van der Waals surface area contributed by atoms with Crippen molar-refractivity contribution in [3.8, 4) is 0 Å². The van der Waals surface area contributed by atoms with Gasteiger partial charge in [0, 0.05) is 16.9 Å². The van der Waals surface area contributed by atoms with Gasteiger partial charge in [0.25, 0.3) is 0 Å². The molecule has 9 nitrogen and oxygen atoms in total. The molecule has 0 atom stereocenters. The summed E-state index contributed by atoms with van der Waals surface area (Å²) in [6.45, 7) is -0.125. The fourth-order valence-electron chi connectivity index (χ4n) is 1.90. The van der Waals surface area contributed by atoms with Crippen LogP contribution >= 0.6 is 0 Å². The Bertz CT molecular complexity index is 623. The monoisotopic (exact) mass is 265 g/mol. The van der Waals surface area contributed by atoms with E-state index in [1.54, 1.807) is 12.1 Å². The number of rotatable bonds is 6. The maximum atomic E-state index is 11.1. The van der Waals surface area contributed by atoms with Crippen molar-refractivity contribution in [2.24, 2.45) is 0 Å². The minimum Gasteiger partial charge on any atom is -0.265 e. The number of unbranched alkanes of at least 4 members (excludes halogenated alkanes) is 1. The molecule has 1 aromatic heterocycles. The second kappa shape index (κ2) is 5.38. The van der Waals surface area contributed by atoms with Gasteiger partial charge in [-0.15, -0.1) is 5.10 Å². The Hall–Kier alpha value is -2.58. The number of nitrogens with one attached hydrogen (secondary N) is 1. The lowest BCUT2D eigenvalue weighted by Gasteiger charge is -2.02. The molecule has 1 aromatic carbocycles. The quantitative estimate of drug-likeness (QED) is 0.478. The molecule has 1 heterocycles. The van der Waals surface area contributed by atoms with Crippen LogP contribution in [0.5, 0.6) is 0 Å². The van der Waals surface area contributed by atoms with E-state index in [2.05, 4.69) is 15.4 Å². The van der Waals surface area contributed by atoms with Gasteiger partial charge in [0.2, 0.25) is 6.54 Å². The van der Waals surface area contributed by atoms with Gasteiger partial charge in [-0.1, -0.05) is 5.21 Å². The molecule has 0 aliphatic carbocycles. The zero-order chi connectivity index (χ0) is 13.8. The van der Waals surface area contributed by atoms with E-state index in [1.807, 2.05) is 0 Å². The van der Waals surface area contributed by atoms with Crippen LogP contribution in [0.3, 0.4) is 0 Å². The van der Waals surface area contributed by atoms with Crippen LogP contribution in [0.1, 0.15) is 18.4 Å². The lowest BCUT2D eigenvalue weighted by molar-refractivity contribution is -0.480.